The van der Waals surface area contributed by atoms with Crippen molar-refractivity contribution in [3.8, 4) is 0 Å². The highest BCUT2D eigenvalue weighted by atomic mass is 127. The minimum atomic E-state index is 0. The van der Waals surface area contributed by atoms with Gasteiger partial charge in [0.1, 0.15) is 0 Å². The fraction of sp³-hybridized carbons (Fsp3) is 0.250. The predicted molar refractivity (Wildman–Crippen MR) is 54.5 cm³/mol. The standard InChI is InChI=1S/C8H11N.HI/c1-7(9)8-5-3-2-4-6-8;/h2-7H,9H2,1H3;1H/t7-;/m1./s1. The quantitative estimate of drug-likeness (QED) is 0.759. The first-order valence-corrected chi connectivity index (χ1v) is 3.11. The molecule has 10 heavy (non-hydrogen) atoms. The van der Waals surface area contributed by atoms with Gasteiger partial charge in [0.15, 0.2) is 0 Å². The highest BCUT2D eigenvalue weighted by Crippen LogP contribution is 2.06. The van der Waals surface area contributed by atoms with Crippen molar-refractivity contribution in [2.45, 2.75) is 13.0 Å². The van der Waals surface area contributed by atoms with Crippen LogP contribution in [0.25, 0.3) is 0 Å². The number of benzene rings is 1. The summed E-state index contributed by atoms with van der Waals surface area (Å²) in [6.45, 7) is 1.98. The smallest absolute Gasteiger partial charge is 0.0266 e. The zero-order valence-corrected chi connectivity index (χ0v) is 8.28. The van der Waals surface area contributed by atoms with Gasteiger partial charge in [-0.05, 0) is 12.5 Å². The molecule has 0 bridgehead atoms. The molecule has 0 fully saturated rings. The monoisotopic (exact) mass is 249 g/mol. The van der Waals surface area contributed by atoms with Gasteiger partial charge in [-0.25, -0.2) is 0 Å². The molecule has 1 rings (SSSR count). The lowest BCUT2D eigenvalue weighted by Crippen LogP contribution is -2.03. The number of hydrogen-bond acceptors (Lipinski definition) is 1. The lowest BCUT2D eigenvalue weighted by molar-refractivity contribution is 0.818. The van der Waals surface area contributed by atoms with E-state index in [1.54, 1.807) is 0 Å². The maximum atomic E-state index is 5.61. The average molecular weight is 249 g/mol. The molecule has 0 aliphatic carbocycles. The third-order valence-electron chi connectivity index (χ3n) is 1.33. The molecule has 0 heterocycles. The van der Waals surface area contributed by atoms with Crippen molar-refractivity contribution in [3.05, 3.63) is 35.9 Å². The van der Waals surface area contributed by atoms with Crippen LogP contribution in [0.2, 0.25) is 0 Å². The van der Waals surface area contributed by atoms with Crippen molar-refractivity contribution >= 4 is 24.0 Å². The summed E-state index contributed by atoms with van der Waals surface area (Å²) in [7, 11) is 0. The molecule has 0 saturated heterocycles. The van der Waals surface area contributed by atoms with Crippen LogP contribution in [-0.4, -0.2) is 0 Å². The molecular weight excluding hydrogens is 237 g/mol. The maximum absolute atomic E-state index is 5.61. The van der Waals surface area contributed by atoms with Gasteiger partial charge in [0.05, 0.1) is 0 Å². The van der Waals surface area contributed by atoms with E-state index in [2.05, 4.69) is 0 Å². The van der Waals surface area contributed by atoms with E-state index >= 15 is 0 Å². The van der Waals surface area contributed by atoms with Crippen LogP contribution in [0.1, 0.15) is 18.5 Å². The van der Waals surface area contributed by atoms with Gasteiger partial charge < -0.3 is 5.73 Å². The maximum Gasteiger partial charge on any atom is 0.0266 e. The topological polar surface area (TPSA) is 26.0 Å². The van der Waals surface area contributed by atoms with Gasteiger partial charge in [-0.1, -0.05) is 30.3 Å². The van der Waals surface area contributed by atoms with Crippen LogP contribution in [-0.2, 0) is 0 Å². The minimum absolute atomic E-state index is 0. The molecule has 1 nitrogen and oxygen atoms in total. The van der Waals surface area contributed by atoms with Gasteiger partial charge >= 0.3 is 0 Å². The SMILES string of the molecule is C[C@@H](N)c1ccccc1.I. The molecule has 0 amide bonds. The first kappa shape index (κ1) is 9.91. The van der Waals surface area contributed by atoms with E-state index in [1.165, 1.54) is 5.56 Å². The van der Waals surface area contributed by atoms with Crippen molar-refractivity contribution < 1.29 is 0 Å². The molecule has 0 aromatic heterocycles. The first-order valence-electron chi connectivity index (χ1n) is 3.11. The fourth-order valence-electron chi connectivity index (χ4n) is 0.757. The van der Waals surface area contributed by atoms with Gasteiger partial charge in [-0.15, -0.1) is 24.0 Å². The van der Waals surface area contributed by atoms with Crippen molar-refractivity contribution in [2.24, 2.45) is 5.73 Å². The Morgan fingerprint density at radius 3 is 2.00 bits per heavy atom. The van der Waals surface area contributed by atoms with Crippen LogP contribution >= 0.6 is 24.0 Å². The molecule has 1 atom stereocenters. The van der Waals surface area contributed by atoms with Crippen LogP contribution in [0.3, 0.4) is 0 Å². The van der Waals surface area contributed by atoms with Gasteiger partial charge in [0, 0.05) is 6.04 Å². The van der Waals surface area contributed by atoms with E-state index in [0.717, 1.165) is 0 Å². The summed E-state index contributed by atoms with van der Waals surface area (Å²) in [5, 5.41) is 0. The Morgan fingerprint density at radius 1 is 1.20 bits per heavy atom. The van der Waals surface area contributed by atoms with Crippen molar-refractivity contribution in [2.75, 3.05) is 0 Å². The van der Waals surface area contributed by atoms with E-state index in [9.17, 15) is 0 Å². The molecular formula is C8H12IN. The molecule has 2 N–H and O–H groups in total. The summed E-state index contributed by atoms with van der Waals surface area (Å²) >= 11 is 0. The summed E-state index contributed by atoms with van der Waals surface area (Å²) < 4.78 is 0. The highest BCUT2D eigenvalue weighted by Gasteiger charge is 1.93. The molecule has 56 valence electrons. The second kappa shape index (κ2) is 4.68. The summed E-state index contributed by atoms with van der Waals surface area (Å²) in [5.74, 6) is 0. The molecule has 0 aliphatic rings. The molecule has 0 saturated carbocycles. The summed E-state index contributed by atoms with van der Waals surface area (Å²) in [4.78, 5) is 0. The first-order chi connectivity index (χ1) is 4.30. The van der Waals surface area contributed by atoms with Crippen LogP contribution in [0.4, 0.5) is 0 Å². The molecule has 1 aromatic rings. The van der Waals surface area contributed by atoms with Gasteiger partial charge in [-0.3, -0.25) is 0 Å². The number of rotatable bonds is 1. The largest absolute Gasteiger partial charge is 0.324 e. The summed E-state index contributed by atoms with van der Waals surface area (Å²) in [6.07, 6.45) is 0. The van der Waals surface area contributed by atoms with Gasteiger partial charge in [0.2, 0.25) is 0 Å². The molecule has 0 unspecified atom stereocenters. The third kappa shape index (κ3) is 2.66. The number of nitrogens with two attached hydrogens (primary N) is 1. The van der Waals surface area contributed by atoms with Gasteiger partial charge in [-0.2, -0.15) is 0 Å². The normalized spacial score (nSPS) is 11.8. The van der Waals surface area contributed by atoms with Crippen LogP contribution in [0, 0.1) is 0 Å². The zero-order valence-electron chi connectivity index (χ0n) is 5.95. The van der Waals surface area contributed by atoms with Crippen molar-refractivity contribution in [3.63, 3.8) is 0 Å². The fourth-order valence-corrected chi connectivity index (χ4v) is 0.757. The Kier molecular flexibility index (Phi) is 4.64. The van der Waals surface area contributed by atoms with Gasteiger partial charge in [0.25, 0.3) is 0 Å². The third-order valence-corrected chi connectivity index (χ3v) is 1.33. The van der Waals surface area contributed by atoms with E-state index in [1.807, 2.05) is 37.3 Å². The number of hydrogen-bond donors (Lipinski definition) is 1. The highest BCUT2D eigenvalue weighted by molar-refractivity contribution is 14.0. The molecule has 0 radical (unpaired) electrons. The Morgan fingerprint density at radius 2 is 1.70 bits per heavy atom. The summed E-state index contributed by atoms with van der Waals surface area (Å²) in [6, 6.07) is 10.2. The predicted octanol–water partition coefficient (Wildman–Crippen LogP) is 2.32. The molecule has 2 heteroatoms. The molecule has 1 aromatic carbocycles. The van der Waals surface area contributed by atoms with Crippen LogP contribution < -0.4 is 5.73 Å². The molecule has 0 aliphatic heterocycles. The lowest BCUT2D eigenvalue weighted by atomic mass is 10.1. The Bertz CT molecular complexity index is 172. The van der Waals surface area contributed by atoms with Crippen molar-refractivity contribution in [1.82, 2.24) is 0 Å². The molecule has 0 spiro atoms. The Hall–Kier alpha value is -0.0900. The van der Waals surface area contributed by atoms with E-state index < -0.39 is 0 Å². The summed E-state index contributed by atoms with van der Waals surface area (Å²) in [5.41, 5.74) is 6.81. The zero-order chi connectivity index (χ0) is 6.69. The van der Waals surface area contributed by atoms with E-state index in [0.29, 0.717) is 0 Å². The van der Waals surface area contributed by atoms with Crippen LogP contribution in [0.5, 0.6) is 0 Å². The Labute approximate surface area is 78.6 Å². The second-order valence-electron chi connectivity index (χ2n) is 2.20. The lowest BCUT2D eigenvalue weighted by Gasteiger charge is -2.02. The Balaban J connectivity index is 0.000000810. The van der Waals surface area contributed by atoms with E-state index in [-0.39, 0.29) is 30.0 Å². The van der Waals surface area contributed by atoms with Crippen molar-refractivity contribution in [1.29, 1.82) is 0 Å². The number of halogens is 1. The minimum Gasteiger partial charge on any atom is -0.324 e. The average Bonchev–Trinajstić information content (AvgIpc) is 1.90. The van der Waals surface area contributed by atoms with E-state index in [4.69, 9.17) is 5.73 Å². The second-order valence-corrected chi connectivity index (χ2v) is 2.20. The van der Waals surface area contributed by atoms with Crippen LogP contribution in [0.15, 0.2) is 30.3 Å².